The summed E-state index contributed by atoms with van der Waals surface area (Å²) in [6.45, 7) is 0.165. The van der Waals surface area contributed by atoms with E-state index in [1.807, 2.05) is 48.5 Å². The maximum Gasteiger partial charge on any atom is 0.270 e. The molecule has 2 aromatic carbocycles. The zero-order valence-electron chi connectivity index (χ0n) is 13.2. The van der Waals surface area contributed by atoms with Crippen LogP contribution in [0.3, 0.4) is 0 Å². The average Bonchev–Trinajstić information content (AvgIpc) is 3.09. The van der Waals surface area contributed by atoms with Gasteiger partial charge in [-0.1, -0.05) is 53.8 Å². The summed E-state index contributed by atoms with van der Waals surface area (Å²) in [6, 6.07) is 17.3. The Kier molecular flexibility index (Phi) is 4.30. The molecular formula is C18H15N3O3S. The third-order valence-corrected chi connectivity index (χ3v) is 4.53. The van der Waals surface area contributed by atoms with Crippen LogP contribution in [0.25, 0.3) is 0 Å². The maximum atomic E-state index is 12.4. The Bertz CT molecular complexity index is 882. The highest BCUT2D eigenvalue weighted by Gasteiger charge is 2.28. The lowest BCUT2D eigenvalue weighted by Crippen LogP contribution is -2.40. The predicted molar refractivity (Wildman–Crippen MR) is 94.1 cm³/mol. The average molecular weight is 353 g/mol. The summed E-state index contributed by atoms with van der Waals surface area (Å²) in [4.78, 5) is 12.4. The van der Waals surface area contributed by atoms with Crippen molar-refractivity contribution in [2.75, 3.05) is 11.9 Å². The molecule has 2 heterocycles. The van der Waals surface area contributed by atoms with Gasteiger partial charge in [0, 0.05) is 6.42 Å². The van der Waals surface area contributed by atoms with E-state index in [2.05, 4.69) is 15.5 Å². The number of amides is 1. The number of nitrogens with zero attached hydrogens (tertiary/aromatic N) is 2. The van der Waals surface area contributed by atoms with Gasteiger partial charge in [-0.05, 0) is 17.7 Å². The normalized spacial score (nSPS) is 15.6. The molecule has 0 radical (unpaired) electrons. The molecule has 0 fully saturated rings. The van der Waals surface area contributed by atoms with Gasteiger partial charge in [0.2, 0.25) is 11.2 Å². The molecule has 0 bridgehead atoms. The van der Waals surface area contributed by atoms with Crippen LogP contribution in [-0.2, 0) is 11.2 Å². The van der Waals surface area contributed by atoms with Crippen molar-refractivity contribution in [1.82, 2.24) is 10.2 Å². The minimum Gasteiger partial charge on any atom is -0.485 e. The van der Waals surface area contributed by atoms with Gasteiger partial charge in [-0.3, -0.25) is 10.1 Å². The van der Waals surface area contributed by atoms with Crippen LogP contribution in [-0.4, -0.2) is 28.8 Å². The van der Waals surface area contributed by atoms with E-state index >= 15 is 0 Å². The van der Waals surface area contributed by atoms with Crippen molar-refractivity contribution >= 4 is 22.4 Å². The van der Waals surface area contributed by atoms with Gasteiger partial charge >= 0.3 is 0 Å². The quantitative estimate of drug-likeness (QED) is 0.781. The van der Waals surface area contributed by atoms with E-state index in [9.17, 15) is 4.79 Å². The van der Waals surface area contributed by atoms with Crippen LogP contribution < -0.4 is 14.8 Å². The highest BCUT2D eigenvalue weighted by atomic mass is 32.1. The van der Waals surface area contributed by atoms with Crippen molar-refractivity contribution in [2.45, 2.75) is 12.5 Å². The van der Waals surface area contributed by atoms with E-state index in [0.717, 1.165) is 10.6 Å². The second-order valence-electron chi connectivity index (χ2n) is 5.52. The Hall–Kier alpha value is -2.93. The number of rotatable bonds is 4. The molecule has 126 valence electrons. The summed E-state index contributed by atoms with van der Waals surface area (Å²) >= 11 is 1.36. The summed E-state index contributed by atoms with van der Waals surface area (Å²) in [6.07, 6.45) is -0.0264. The molecule has 1 unspecified atom stereocenters. The smallest absolute Gasteiger partial charge is 0.270 e. The summed E-state index contributed by atoms with van der Waals surface area (Å²) in [5.74, 6) is 0.917. The minimum atomic E-state index is -0.712. The van der Waals surface area contributed by atoms with Crippen LogP contribution >= 0.6 is 11.3 Å². The fraction of sp³-hybridized carbons (Fsp3) is 0.167. The molecular weight excluding hydrogens is 338 g/mol. The fourth-order valence-corrected chi connectivity index (χ4v) is 3.26. The molecule has 0 saturated carbocycles. The first-order chi connectivity index (χ1) is 12.3. The van der Waals surface area contributed by atoms with E-state index < -0.39 is 6.10 Å². The molecule has 0 aliphatic carbocycles. The van der Waals surface area contributed by atoms with E-state index in [4.69, 9.17) is 9.47 Å². The van der Waals surface area contributed by atoms with Crippen molar-refractivity contribution in [1.29, 1.82) is 0 Å². The van der Waals surface area contributed by atoms with Crippen LogP contribution in [0.4, 0.5) is 5.13 Å². The number of para-hydroxylation sites is 2. The van der Waals surface area contributed by atoms with Gasteiger partial charge in [0.25, 0.3) is 5.91 Å². The van der Waals surface area contributed by atoms with Crippen LogP contribution in [0.15, 0.2) is 54.6 Å². The van der Waals surface area contributed by atoms with Gasteiger partial charge in [-0.25, -0.2) is 0 Å². The highest BCUT2D eigenvalue weighted by Crippen LogP contribution is 2.31. The number of fused-ring (bicyclic) bond motifs is 1. The summed E-state index contributed by atoms with van der Waals surface area (Å²) < 4.78 is 11.2. The Labute approximate surface area is 148 Å². The number of carbonyl (C=O) groups excluding carboxylic acids is 1. The second-order valence-corrected chi connectivity index (χ2v) is 6.58. The Morgan fingerprint density at radius 1 is 1.08 bits per heavy atom. The summed E-state index contributed by atoms with van der Waals surface area (Å²) in [5.41, 5.74) is 1.15. The zero-order valence-corrected chi connectivity index (χ0v) is 14.0. The fourth-order valence-electron chi connectivity index (χ4n) is 2.48. The van der Waals surface area contributed by atoms with Gasteiger partial charge in [0.05, 0.1) is 0 Å². The molecule has 3 aromatic rings. The predicted octanol–water partition coefficient (Wildman–Crippen LogP) is 2.91. The first kappa shape index (κ1) is 15.6. The van der Waals surface area contributed by atoms with Gasteiger partial charge in [-0.15, -0.1) is 10.2 Å². The van der Waals surface area contributed by atoms with E-state index in [0.29, 0.717) is 23.1 Å². The van der Waals surface area contributed by atoms with Gasteiger partial charge < -0.3 is 9.47 Å². The zero-order chi connectivity index (χ0) is 17.1. The van der Waals surface area contributed by atoms with Crippen molar-refractivity contribution in [2.24, 2.45) is 0 Å². The van der Waals surface area contributed by atoms with Crippen LogP contribution in [0.5, 0.6) is 11.5 Å². The van der Waals surface area contributed by atoms with Gasteiger partial charge in [-0.2, -0.15) is 0 Å². The third-order valence-electron chi connectivity index (χ3n) is 3.70. The lowest BCUT2D eigenvalue weighted by atomic mass is 10.2. The molecule has 25 heavy (non-hydrogen) atoms. The molecule has 6 nitrogen and oxygen atoms in total. The van der Waals surface area contributed by atoms with Crippen molar-refractivity contribution in [3.8, 4) is 11.5 Å². The lowest BCUT2D eigenvalue weighted by Gasteiger charge is -2.25. The second kappa shape index (κ2) is 6.90. The number of carbonyl (C=O) groups is 1. The standard InChI is InChI=1S/C18H15N3O3S/c22-17(15-11-23-13-8-4-5-9-14(13)24-15)19-18-21-20-16(25-18)10-12-6-2-1-3-7-12/h1-9,15H,10-11H2,(H,19,21,22). The monoisotopic (exact) mass is 353 g/mol. The molecule has 7 heteroatoms. The van der Waals surface area contributed by atoms with Gasteiger partial charge in [0.1, 0.15) is 11.6 Å². The van der Waals surface area contributed by atoms with Crippen molar-refractivity contribution in [3.05, 3.63) is 65.2 Å². The number of nitrogens with one attached hydrogen (secondary N) is 1. The largest absolute Gasteiger partial charge is 0.485 e. The van der Waals surface area contributed by atoms with E-state index in [1.165, 1.54) is 11.3 Å². The summed E-state index contributed by atoms with van der Waals surface area (Å²) in [5, 5.41) is 12.2. The molecule has 1 aliphatic heterocycles. The molecule has 1 aromatic heterocycles. The Morgan fingerprint density at radius 3 is 2.68 bits per heavy atom. The molecule has 1 amide bonds. The SMILES string of the molecule is O=C(Nc1nnc(Cc2ccccc2)s1)C1COc2ccccc2O1. The number of anilines is 1. The number of hydrogen-bond donors (Lipinski definition) is 1. The molecule has 1 atom stereocenters. The van der Waals surface area contributed by atoms with Crippen LogP contribution in [0.1, 0.15) is 10.6 Å². The minimum absolute atomic E-state index is 0.165. The van der Waals surface area contributed by atoms with E-state index in [1.54, 1.807) is 6.07 Å². The molecule has 1 N–H and O–H groups in total. The number of ether oxygens (including phenoxy) is 2. The van der Waals surface area contributed by atoms with Crippen molar-refractivity contribution < 1.29 is 14.3 Å². The topological polar surface area (TPSA) is 73.3 Å². The van der Waals surface area contributed by atoms with Crippen LogP contribution in [0.2, 0.25) is 0 Å². The van der Waals surface area contributed by atoms with Gasteiger partial charge in [0.15, 0.2) is 11.5 Å². The van der Waals surface area contributed by atoms with Crippen molar-refractivity contribution in [3.63, 3.8) is 0 Å². The molecule has 1 aliphatic rings. The first-order valence-electron chi connectivity index (χ1n) is 7.83. The highest BCUT2D eigenvalue weighted by molar-refractivity contribution is 7.15. The molecule has 4 rings (SSSR count). The van der Waals surface area contributed by atoms with Crippen LogP contribution in [0, 0.1) is 0 Å². The summed E-state index contributed by atoms with van der Waals surface area (Å²) in [7, 11) is 0. The Morgan fingerprint density at radius 2 is 1.84 bits per heavy atom. The Balaban J connectivity index is 1.39. The third kappa shape index (κ3) is 3.61. The number of hydrogen-bond acceptors (Lipinski definition) is 6. The first-order valence-corrected chi connectivity index (χ1v) is 8.65. The number of aromatic nitrogens is 2. The number of benzene rings is 2. The van der Waals surface area contributed by atoms with E-state index in [-0.39, 0.29) is 12.5 Å². The lowest BCUT2D eigenvalue weighted by molar-refractivity contribution is -0.125. The molecule has 0 spiro atoms. The molecule has 0 saturated heterocycles. The maximum absolute atomic E-state index is 12.4.